The number of hydrogen-bond acceptors (Lipinski definition) is 1. The van der Waals surface area contributed by atoms with Gasteiger partial charge in [-0.2, -0.15) is 0 Å². The van der Waals surface area contributed by atoms with Crippen LogP contribution in [0.1, 0.15) is 18.4 Å². The van der Waals surface area contributed by atoms with Crippen LogP contribution in [0.2, 0.25) is 0 Å². The molecule has 1 aromatic rings. The highest BCUT2D eigenvalue weighted by Crippen LogP contribution is 2.28. The van der Waals surface area contributed by atoms with Gasteiger partial charge in [-0.1, -0.05) is 42.5 Å². The van der Waals surface area contributed by atoms with Crippen molar-refractivity contribution in [3.8, 4) is 0 Å². The molecular formula is C13H15NO. The molecule has 0 spiro atoms. The van der Waals surface area contributed by atoms with Crippen molar-refractivity contribution in [2.24, 2.45) is 5.92 Å². The van der Waals surface area contributed by atoms with Gasteiger partial charge in [-0.25, -0.2) is 0 Å². The summed E-state index contributed by atoms with van der Waals surface area (Å²) in [6, 6.07) is 10.1. The zero-order valence-electron chi connectivity index (χ0n) is 8.65. The summed E-state index contributed by atoms with van der Waals surface area (Å²) in [5, 5.41) is 2.89. The first-order chi connectivity index (χ1) is 7.36. The molecule has 0 atom stereocenters. The summed E-state index contributed by atoms with van der Waals surface area (Å²) in [6.07, 6.45) is 6.13. The third-order valence-electron chi connectivity index (χ3n) is 2.45. The van der Waals surface area contributed by atoms with E-state index in [4.69, 9.17) is 0 Å². The second-order valence-corrected chi connectivity index (χ2v) is 3.83. The third-order valence-corrected chi connectivity index (χ3v) is 2.45. The lowest BCUT2D eigenvalue weighted by molar-refractivity contribution is -0.122. The van der Waals surface area contributed by atoms with E-state index in [1.807, 2.05) is 42.5 Å². The van der Waals surface area contributed by atoms with Crippen LogP contribution in [0.5, 0.6) is 0 Å². The van der Waals surface area contributed by atoms with Gasteiger partial charge in [-0.15, -0.1) is 0 Å². The number of benzene rings is 1. The summed E-state index contributed by atoms with van der Waals surface area (Å²) in [7, 11) is 0. The van der Waals surface area contributed by atoms with Gasteiger partial charge in [-0.05, 0) is 18.4 Å². The Morgan fingerprint density at radius 3 is 2.73 bits per heavy atom. The molecule has 1 aliphatic carbocycles. The summed E-state index contributed by atoms with van der Waals surface area (Å²) in [4.78, 5) is 11.3. The van der Waals surface area contributed by atoms with E-state index in [1.165, 1.54) is 0 Å². The van der Waals surface area contributed by atoms with Crippen molar-refractivity contribution in [1.82, 2.24) is 5.32 Å². The molecule has 1 aliphatic rings. The Kier molecular flexibility index (Phi) is 3.18. The van der Waals surface area contributed by atoms with Crippen LogP contribution in [0.25, 0.3) is 6.08 Å². The molecule has 0 saturated heterocycles. The molecule has 2 rings (SSSR count). The fourth-order valence-corrected chi connectivity index (χ4v) is 1.41. The van der Waals surface area contributed by atoms with E-state index in [1.54, 1.807) is 0 Å². The molecule has 78 valence electrons. The Bertz CT molecular complexity index is 352. The maximum Gasteiger partial charge on any atom is 0.223 e. The second kappa shape index (κ2) is 4.78. The Hall–Kier alpha value is -1.57. The largest absolute Gasteiger partial charge is 0.352 e. The summed E-state index contributed by atoms with van der Waals surface area (Å²) >= 11 is 0. The molecule has 0 bridgehead atoms. The second-order valence-electron chi connectivity index (χ2n) is 3.83. The molecule has 0 aromatic heterocycles. The maximum absolute atomic E-state index is 11.3. The third kappa shape index (κ3) is 3.24. The quantitative estimate of drug-likeness (QED) is 0.795. The minimum absolute atomic E-state index is 0.202. The smallest absolute Gasteiger partial charge is 0.223 e. The molecule has 1 aromatic carbocycles. The van der Waals surface area contributed by atoms with Crippen LogP contribution in [-0.4, -0.2) is 12.5 Å². The predicted molar refractivity (Wildman–Crippen MR) is 61.2 cm³/mol. The van der Waals surface area contributed by atoms with Crippen molar-refractivity contribution in [2.45, 2.75) is 12.8 Å². The SMILES string of the molecule is O=C(NC/C=C/c1ccccc1)C1CC1. The average Bonchev–Trinajstić information content (AvgIpc) is 3.09. The highest BCUT2D eigenvalue weighted by molar-refractivity contribution is 5.81. The molecule has 1 amide bonds. The van der Waals surface area contributed by atoms with Crippen LogP contribution in [0.4, 0.5) is 0 Å². The van der Waals surface area contributed by atoms with Gasteiger partial charge in [-0.3, -0.25) is 4.79 Å². The molecule has 1 N–H and O–H groups in total. The highest BCUT2D eigenvalue weighted by Gasteiger charge is 2.28. The van der Waals surface area contributed by atoms with Gasteiger partial charge in [0.05, 0.1) is 0 Å². The van der Waals surface area contributed by atoms with Gasteiger partial charge in [0, 0.05) is 12.5 Å². The molecule has 0 radical (unpaired) electrons. The van der Waals surface area contributed by atoms with Crippen LogP contribution in [0.15, 0.2) is 36.4 Å². The first-order valence-electron chi connectivity index (χ1n) is 5.35. The summed E-state index contributed by atoms with van der Waals surface area (Å²) in [5.41, 5.74) is 1.16. The van der Waals surface area contributed by atoms with Gasteiger partial charge < -0.3 is 5.32 Å². The Labute approximate surface area is 90.0 Å². The van der Waals surface area contributed by atoms with Crippen molar-refractivity contribution in [3.05, 3.63) is 42.0 Å². The first-order valence-corrected chi connectivity index (χ1v) is 5.35. The van der Waals surface area contributed by atoms with Crippen molar-refractivity contribution in [1.29, 1.82) is 0 Å². The van der Waals surface area contributed by atoms with Gasteiger partial charge in [0.25, 0.3) is 0 Å². The standard InChI is InChI=1S/C13H15NO/c15-13(12-8-9-12)14-10-4-7-11-5-2-1-3-6-11/h1-7,12H,8-10H2,(H,14,15)/b7-4+. The van der Waals surface area contributed by atoms with Crippen molar-refractivity contribution < 1.29 is 4.79 Å². The van der Waals surface area contributed by atoms with Crippen LogP contribution in [0, 0.1) is 5.92 Å². The maximum atomic E-state index is 11.3. The monoisotopic (exact) mass is 201 g/mol. The average molecular weight is 201 g/mol. The molecule has 0 heterocycles. The molecule has 15 heavy (non-hydrogen) atoms. The molecule has 0 unspecified atom stereocenters. The molecule has 2 nitrogen and oxygen atoms in total. The van der Waals surface area contributed by atoms with E-state index in [9.17, 15) is 4.79 Å². The van der Waals surface area contributed by atoms with Crippen LogP contribution in [0.3, 0.4) is 0 Å². The topological polar surface area (TPSA) is 29.1 Å². The Morgan fingerprint density at radius 1 is 1.33 bits per heavy atom. The van der Waals surface area contributed by atoms with E-state index >= 15 is 0 Å². The zero-order chi connectivity index (χ0) is 10.5. The Morgan fingerprint density at radius 2 is 2.07 bits per heavy atom. The van der Waals surface area contributed by atoms with Crippen LogP contribution in [-0.2, 0) is 4.79 Å². The van der Waals surface area contributed by atoms with E-state index in [-0.39, 0.29) is 5.91 Å². The first kappa shape index (κ1) is 9.97. The lowest BCUT2D eigenvalue weighted by Crippen LogP contribution is -2.24. The van der Waals surface area contributed by atoms with E-state index in [0.29, 0.717) is 12.5 Å². The number of nitrogens with one attached hydrogen (secondary N) is 1. The number of carbonyl (C=O) groups is 1. The number of rotatable bonds is 4. The fourth-order valence-electron chi connectivity index (χ4n) is 1.41. The van der Waals surface area contributed by atoms with Crippen molar-refractivity contribution in [3.63, 3.8) is 0 Å². The Balaban J connectivity index is 1.73. The van der Waals surface area contributed by atoms with Gasteiger partial charge in [0.2, 0.25) is 5.91 Å². The minimum atomic E-state index is 0.202. The molecule has 1 saturated carbocycles. The van der Waals surface area contributed by atoms with Gasteiger partial charge in [0.15, 0.2) is 0 Å². The van der Waals surface area contributed by atoms with E-state index < -0.39 is 0 Å². The van der Waals surface area contributed by atoms with E-state index in [0.717, 1.165) is 18.4 Å². The van der Waals surface area contributed by atoms with Gasteiger partial charge in [0.1, 0.15) is 0 Å². The molecular weight excluding hydrogens is 186 g/mol. The van der Waals surface area contributed by atoms with Crippen LogP contribution < -0.4 is 5.32 Å². The predicted octanol–water partition coefficient (Wildman–Crippen LogP) is 2.23. The van der Waals surface area contributed by atoms with Crippen molar-refractivity contribution >= 4 is 12.0 Å². The number of carbonyl (C=O) groups excluding carboxylic acids is 1. The highest BCUT2D eigenvalue weighted by atomic mass is 16.2. The summed E-state index contributed by atoms with van der Waals surface area (Å²) in [6.45, 7) is 0.629. The molecule has 1 fully saturated rings. The van der Waals surface area contributed by atoms with Gasteiger partial charge >= 0.3 is 0 Å². The van der Waals surface area contributed by atoms with Crippen LogP contribution >= 0.6 is 0 Å². The minimum Gasteiger partial charge on any atom is -0.352 e. The lowest BCUT2D eigenvalue weighted by atomic mass is 10.2. The fraction of sp³-hybridized carbons (Fsp3) is 0.308. The number of hydrogen-bond donors (Lipinski definition) is 1. The van der Waals surface area contributed by atoms with E-state index in [2.05, 4.69) is 5.32 Å². The lowest BCUT2D eigenvalue weighted by Gasteiger charge is -1.98. The molecule has 2 heteroatoms. The summed E-state index contributed by atoms with van der Waals surface area (Å²) < 4.78 is 0. The molecule has 0 aliphatic heterocycles. The number of amides is 1. The zero-order valence-corrected chi connectivity index (χ0v) is 8.65. The summed E-state index contributed by atoms with van der Waals surface area (Å²) in [5.74, 6) is 0.503. The normalized spacial score (nSPS) is 15.5. The van der Waals surface area contributed by atoms with Crippen molar-refractivity contribution in [2.75, 3.05) is 6.54 Å².